The molecule has 1 saturated carbocycles. The van der Waals surface area contributed by atoms with Gasteiger partial charge in [-0.2, -0.15) is 4.31 Å². The van der Waals surface area contributed by atoms with Gasteiger partial charge in [-0.1, -0.05) is 6.07 Å². The Morgan fingerprint density at radius 1 is 1.30 bits per heavy atom. The highest BCUT2D eigenvalue weighted by Crippen LogP contribution is 2.32. The van der Waals surface area contributed by atoms with Crippen molar-refractivity contribution in [1.82, 2.24) is 9.62 Å². The van der Waals surface area contributed by atoms with Crippen molar-refractivity contribution < 1.29 is 12.8 Å². The molecule has 20 heavy (non-hydrogen) atoms. The Hall–Kier alpha value is -0.980. The summed E-state index contributed by atoms with van der Waals surface area (Å²) in [6.45, 7) is 1.44. The molecule has 0 radical (unpaired) electrons. The molecule has 1 aliphatic carbocycles. The minimum Gasteiger partial charge on any atom is -0.313 e. The Morgan fingerprint density at radius 3 is 2.70 bits per heavy atom. The van der Waals surface area contributed by atoms with Gasteiger partial charge in [-0.25, -0.2) is 12.8 Å². The lowest BCUT2D eigenvalue weighted by atomic mass is 10.2. The van der Waals surface area contributed by atoms with Crippen molar-refractivity contribution >= 4 is 10.0 Å². The smallest absolute Gasteiger partial charge is 0.243 e. The van der Waals surface area contributed by atoms with Crippen molar-refractivity contribution in [2.45, 2.75) is 42.7 Å². The molecule has 2 fully saturated rings. The van der Waals surface area contributed by atoms with E-state index in [0.717, 1.165) is 38.3 Å². The van der Waals surface area contributed by atoms with Gasteiger partial charge in [0.05, 0.1) is 4.90 Å². The fourth-order valence-corrected chi connectivity index (χ4v) is 4.46. The van der Waals surface area contributed by atoms with Gasteiger partial charge in [-0.05, 0) is 50.4 Å². The number of rotatable bonds is 5. The van der Waals surface area contributed by atoms with Gasteiger partial charge in [0.15, 0.2) is 0 Å². The number of hydrogen-bond acceptors (Lipinski definition) is 3. The Labute approximate surface area is 119 Å². The largest absolute Gasteiger partial charge is 0.313 e. The molecule has 6 heteroatoms. The summed E-state index contributed by atoms with van der Waals surface area (Å²) < 4.78 is 40.2. The molecule has 1 saturated heterocycles. The first-order chi connectivity index (χ1) is 9.57. The van der Waals surface area contributed by atoms with Crippen LogP contribution in [-0.4, -0.2) is 37.9 Å². The van der Waals surface area contributed by atoms with Crippen LogP contribution in [0.5, 0.6) is 0 Å². The number of sulfonamides is 1. The Bertz CT molecular complexity index is 581. The topological polar surface area (TPSA) is 49.4 Å². The molecule has 0 aromatic heterocycles. The van der Waals surface area contributed by atoms with Crippen LogP contribution in [0.3, 0.4) is 0 Å². The third-order valence-electron chi connectivity index (χ3n) is 3.92. The zero-order valence-corrected chi connectivity index (χ0v) is 12.1. The number of halogens is 1. The molecule has 0 amide bonds. The molecule has 1 aromatic rings. The van der Waals surface area contributed by atoms with Crippen molar-refractivity contribution in [1.29, 1.82) is 0 Å². The normalized spacial score (nSPS) is 23.4. The summed E-state index contributed by atoms with van der Waals surface area (Å²) in [6, 6.07) is 5.59. The van der Waals surface area contributed by atoms with Crippen molar-refractivity contribution in [3.63, 3.8) is 0 Å². The van der Waals surface area contributed by atoms with Crippen molar-refractivity contribution in [3.05, 3.63) is 30.1 Å². The number of hydrogen-bond donors (Lipinski definition) is 1. The van der Waals surface area contributed by atoms with Gasteiger partial charge in [0, 0.05) is 18.6 Å². The first-order valence-corrected chi connectivity index (χ1v) is 8.52. The second-order valence-corrected chi connectivity index (χ2v) is 7.45. The first-order valence-electron chi connectivity index (χ1n) is 7.08. The fourth-order valence-electron chi connectivity index (χ4n) is 2.70. The van der Waals surface area contributed by atoms with Crippen molar-refractivity contribution in [2.75, 3.05) is 13.1 Å². The van der Waals surface area contributed by atoms with E-state index < -0.39 is 15.8 Å². The molecular formula is C14H19FN2O2S. The van der Waals surface area contributed by atoms with Gasteiger partial charge >= 0.3 is 0 Å². The van der Waals surface area contributed by atoms with Gasteiger partial charge in [-0.15, -0.1) is 0 Å². The standard InChI is InChI=1S/C14H19FN2O2S/c15-11-3-1-5-14(9-11)20(18,19)17(13-6-7-13)10-12-4-2-8-16-12/h1,3,5,9,12-13,16H,2,4,6-8,10H2. The highest BCUT2D eigenvalue weighted by Gasteiger charge is 2.39. The highest BCUT2D eigenvalue weighted by molar-refractivity contribution is 7.89. The van der Waals surface area contributed by atoms with Gasteiger partial charge in [0.2, 0.25) is 10.0 Å². The maximum atomic E-state index is 13.3. The number of nitrogens with one attached hydrogen (secondary N) is 1. The second kappa shape index (κ2) is 5.42. The van der Waals surface area contributed by atoms with Crippen LogP contribution in [0.1, 0.15) is 25.7 Å². The minimum atomic E-state index is -3.59. The molecule has 1 heterocycles. The lowest BCUT2D eigenvalue weighted by Gasteiger charge is -2.25. The zero-order valence-electron chi connectivity index (χ0n) is 11.3. The SMILES string of the molecule is O=S(=O)(c1cccc(F)c1)N(CC1CCCN1)C1CC1. The lowest BCUT2D eigenvalue weighted by Crippen LogP contribution is -2.42. The molecule has 1 aromatic carbocycles. The van der Waals surface area contributed by atoms with Crippen LogP contribution in [-0.2, 0) is 10.0 Å². The Kier molecular flexibility index (Phi) is 3.79. The van der Waals surface area contributed by atoms with Gasteiger partial charge in [-0.3, -0.25) is 0 Å². The second-order valence-electron chi connectivity index (χ2n) is 5.56. The number of nitrogens with zero attached hydrogens (tertiary/aromatic N) is 1. The fraction of sp³-hybridized carbons (Fsp3) is 0.571. The van der Waals surface area contributed by atoms with E-state index in [0.29, 0.717) is 6.54 Å². The Balaban J connectivity index is 1.85. The van der Waals surface area contributed by atoms with E-state index >= 15 is 0 Å². The monoisotopic (exact) mass is 298 g/mol. The van der Waals surface area contributed by atoms with Crippen LogP contribution in [0, 0.1) is 5.82 Å². The lowest BCUT2D eigenvalue weighted by molar-refractivity contribution is 0.362. The molecule has 1 N–H and O–H groups in total. The van der Waals surface area contributed by atoms with E-state index in [2.05, 4.69) is 5.32 Å². The zero-order chi connectivity index (χ0) is 14.2. The summed E-state index contributed by atoms with van der Waals surface area (Å²) in [5, 5.41) is 3.32. The van der Waals surface area contributed by atoms with Crippen LogP contribution in [0.15, 0.2) is 29.2 Å². The van der Waals surface area contributed by atoms with Crippen LogP contribution in [0.2, 0.25) is 0 Å². The molecule has 1 unspecified atom stereocenters. The van der Waals surface area contributed by atoms with E-state index in [1.165, 1.54) is 18.2 Å². The first kappa shape index (κ1) is 14.0. The molecule has 0 spiro atoms. The average molecular weight is 298 g/mol. The molecule has 4 nitrogen and oxygen atoms in total. The van der Waals surface area contributed by atoms with Crippen LogP contribution >= 0.6 is 0 Å². The third-order valence-corrected chi connectivity index (χ3v) is 5.83. The van der Waals surface area contributed by atoms with Crippen LogP contribution < -0.4 is 5.32 Å². The Morgan fingerprint density at radius 2 is 2.10 bits per heavy atom. The maximum absolute atomic E-state index is 13.3. The molecule has 1 atom stereocenters. The summed E-state index contributed by atoms with van der Waals surface area (Å²) in [6.07, 6.45) is 3.90. The predicted molar refractivity (Wildman–Crippen MR) is 74.3 cm³/mol. The van der Waals surface area contributed by atoms with E-state index in [-0.39, 0.29) is 17.0 Å². The average Bonchev–Trinajstić information content (AvgIpc) is 3.12. The molecular weight excluding hydrogens is 279 g/mol. The quantitative estimate of drug-likeness (QED) is 0.900. The van der Waals surface area contributed by atoms with E-state index in [9.17, 15) is 12.8 Å². The summed E-state index contributed by atoms with van der Waals surface area (Å²) in [7, 11) is -3.59. The third kappa shape index (κ3) is 2.87. The van der Waals surface area contributed by atoms with Gasteiger partial charge in [0.1, 0.15) is 5.82 Å². The van der Waals surface area contributed by atoms with Crippen molar-refractivity contribution in [2.24, 2.45) is 0 Å². The maximum Gasteiger partial charge on any atom is 0.243 e. The van der Waals surface area contributed by atoms with Gasteiger partial charge in [0.25, 0.3) is 0 Å². The van der Waals surface area contributed by atoms with Crippen molar-refractivity contribution in [3.8, 4) is 0 Å². The molecule has 1 aliphatic heterocycles. The minimum absolute atomic E-state index is 0.0578. The summed E-state index contributed by atoms with van der Waals surface area (Å²) in [5.74, 6) is -0.513. The highest BCUT2D eigenvalue weighted by atomic mass is 32.2. The van der Waals surface area contributed by atoms with Crippen LogP contribution in [0.4, 0.5) is 4.39 Å². The van der Waals surface area contributed by atoms with E-state index in [4.69, 9.17) is 0 Å². The summed E-state index contributed by atoms with van der Waals surface area (Å²) in [4.78, 5) is 0.0578. The number of benzene rings is 1. The molecule has 3 rings (SSSR count). The molecule has 110 valence electrons. The predicted octanol–water partition coefficient (Wildman–Crippen LogP) is 1.73. The molecule has 2 aliphatic rings. The van der Waals surface area contributed by atoms with E-state index in [1.54, 1.807) is 4.31 Å². The van der Waals surface area contributed by atoms with Crippen LogP contribution in [0.25, 0.3) is 0 Å². The van der Waals surface area contributed by atoms with E-state index in [1.807, 2.05) is 0 Å². The molecule has 0 bridgehead atoms. The van der Waals surface area contributed by atoms with Gasteiger partial charge < -0.3 is 5.32 Å². The summed E-state index contributed by atoms with van der Waals surface area (Å²) in [5.41, 5.74) is 0. The summed E-state index contributed by atoms with van der Waals surface area (Å²) >= 11 is 0.